The van der Waals surface area contributed by atoms with E-state index in [1.807, 2.05) is 13.8 Å². The van der Waals surface area contributed by atoms with E-state index in [0.29, 0.717) is 11.1 Å². The molecule has 1 saturated carbocycles. The van der Waals surface area contributed by atoms with Crippen LogP contribution in [0.4, 0.5) is 13.2 Å². The fraction of sp³-hybridized carbons (Fsp3) is 0.538. The second-order valence-corrected chi connectivity index (χ2v) is 4.93. The van der Waals surface area contributed by atoms with Gasteiger partial charge in [0.25, 0.3) is 0 Å². The zero-order valence-corrected chi connectivity index (χ0v) is 9.80. The quantitative estimate of drug-likeness (QED) is 0.816. The summed E-state index contributed by atoms with van der Waals surface area (Å²) in [5, 5.41) is 9.72. The highest BCUT2D eigenvalue weighted by Gasteiger charge is 2.38. The fourth-order valence-corrected chi connectivity index (χ4v) is 1.94. The van der Waals surface area contributed by atoms with Crippen LogP contribution in [0.2, 0.25) is 0 Å². The van der Waals surface area contributed by atoms with E-state index in [9.17, 15) is 18.3 Å². The molecule has 0 unspecified atom stereocenters. The molecule has 1 N–H and O–H groups in total. The molecule has 2 rings (SSSR count). The van der Waals surface area contributed by atoms with E-state index in [1.54, 1.807) is 6.07 Å². The van der Waals surface area contributed by atoms with Crippen LogP contribution in [0.15, 0.2) is 12.1 Å². The van der Waals surface area contributed by atoms with Gasteiger partial charge < -0.3 is 5.11 Å². The summed E-state index contributed by atoms with van der Waals surface area (Å²) in [5.74, 6) is -0.451. The van der Waals surface area contributed by atoms with Crippen LogP contribution < -0.4 is 0 Å². The van der Waals surface area contributed by atoms with Gasteiger partial charge >= 0.3 is 6.18 Å². The number of phenolic OH excluding ortho intramolecular Hbond substituents is 1. The van der Waals surface area contributed by atoms with Crippen LogP contribution in [0, 0.1) is 0 Å². The molecule has 0 spiro atoms. The monoisotopic (exact) mass is 244 g/mol. The number of rotatable bonds is 2. The van der Waals surface area contributed by atoms with Crippen LogP contribution in [0.25, 0.3) is 0 Å². The Hall–Kier alpha value is -1.19. The van der Waals surface area contributed by atoms with Crippen molar-refractivity contribution < 1.29 is 18.3 Å². The van der Waals surface area contributed by atoms with Crippen LogP contribution in [-0.2, 0) is 6.18 Å². The molecule has 0 atom stereocenters. The van der Waals surface area contributed by atoms with Crippen molar-refractivity contribution in [2.45, 2.75) is 44.7 Å². The molecule has 0 aliphatic heterocycles. The molecule has 1 aromatic rings. The van der Waals surface area contributed by atoms with E-state index in [0.717, 1.165) is 18.9 Å². The number of benzene rings is 1. The Balaban J connectivity index is 2.57. The maximum absolute atomic E-state index is 12.8. The van der Waals surface area contributed by atoms with Gasteiger partial charge in [-0.3, -0.25) is 0 Å². The predicted molar refractivity (Wildman–Crippen MR) is 59.2 cm³/mol. The standard InChI is InChI=1S/C13H15F3O/c1-7(2)9-5-10(8-3-4-8)12(17)11(6-9)13(14,15)16/h5-8,17H,3-4H2,1-2H3. The van der Waals surface area contributed by atoms with E-state index in [1.165, 1.54) is 0 Å². The summed E-state index contributed by atoms with van der Waals surface area (Å²) in [6.07, 6.45) is -2.75. The molecule has 1 aliphatic rings. The molecule has 0 radical (unpaired) electrons. The summed E-state index contributed by atoms with van der Waals surface area (Å²) >= 11 is 0. The lowest BCUT2D eigenvalue weighted by molar-refractivity contribution is -0.138. The first-order valence-electron chi connectivity index (χ1n) is 5.74. The molecule has 1 nitrogen and oxygen atoms in total. The number of halogens is 3. The van der Waals surface area contributed by atoms with Crippen LogP contribution in [0.3, 0.4) is 0 Å². The molecule has 0 amide bonds. The first-order valence-corrected chi connectivity index (χ1v) is 5.74. The minimum atomic E-state index is -4.49. The number of phenols is 1. The van der Waals surface area contributed by atoms with Crippen molar-refractivity contribution in [1.82, 2.24) is 0 Å². The van der Waals surface area contributed by atoms with E-state index in [4.69, 9.17) is 0 Å². The van der Waals surface area contributed by atoms with Gasteiger partial charge in [0.05, 0.1) is 5.56 Å². The fourth-order valence-electron chi connectivity index (χ4n) is 1.94. The average Bonchev–Trinajstić information content (AvgIpc) is 2.99. The van der Waals surface area contributed by atoms with Gasteiger partial charge in [0.2, 0.25) is 0 Å². The minimum Gasteiger partial charge on any atom is -0.507 e. The highest BCUT2D eigenvalue weighted by molar-refractivity contribution is 5.49. The smallest absolute Gasteiger partial charge is 0.419 e. The summed E-state index contributed by atoms with van der Waals surface area (Å²) in [5.41, 5.74) is 0.200. The third-order valence-corrected chi connectivity index (χ3v) is 3.15. The molecular weight excluding hydrogens is 229 g/mol. The van der Waals surface area contributed by atoms with Gasteiger partial charge in [-0.2, -0.15) is 13.2 Å². The van der Waals surface area contributed by atoms with Crippen molar-refractivity contribution in [2.75, 3.05) is 0 Å². The van der Waals surface area contributed by atoms with Gasteiger partial charge in [0.1, 0.15) is 5.75 Å². The molecule has 1 fully saturated rings. The van der Waals surface area contributed by atoms with E-state index >= 15 is 0 Å². The Morgan fingerprint density at radius 2 is 1.82 bits per heavy atom. The molecule has 1 aromatic carbocycles. The maximum Gasteiger partial charge on any atom is 0.419 e. The van der Waals surface area contributed by atoms with E-state index in [-0.39, 0.29) is 11.8 Å². The van der Waals surface area contributed by atoms with Crippen molar-refractivity contribution in [3.8, 4) is 5.75 Å². The van der Waals surface area contributed by atoms with Crippen molar-refractivity contribution in [3.63, 3.8) is 0 Å². The van der Waals surface area contributed by atoms with Gasteiger partial charge in [0, 0.05) is 0 Å². The number of alkyl halides is 3. The Morgan fingerprint density at radius 3 is 2.24 bits per heavy atom. The Morgan fingerprint density at radius 1 is 1.24 bits per heavy atom. The van der Waals surface area contributed by atoms with Crippen LogP contribution in [0.1, 0.15) is 55.2 Å². The van der Waals surface area contributed by atoms with Gasteiger partial charge in [-0.1, -0.05) is 19.9 Å². The second kappa shape index (κ2) is 3.93. The molecule has 1 aliphatic carbocycles. The first-order chi connectivity index (χ1) is 7.80. The lowest BCUT2D eigenvalue weighted by Gasteiger charge is -2.16. The van der Waals surface area contributed by atoms with Crippen LogP contribution in [-0.4, -0.2) is 5.11 Å². The minimum absolute atomic E-state index is 0.0224. The normalized spacial score (nSPS) is 16.6. The molecule has 0 saturated heterocycles. The summed E-state index contributed by atoms with van der Waals surface area (Å²) in [4.78, 5) is 0. The van der Waals surface area contributed by atoms with Crippen molar-refractivity contribution in [3.05, 3.63) is 28.8 Å². The van der Waals surface area contributed by atoms with E-state index in [2.05, 4.69) is 0 Å². The largest absolute Gasteiger partial charge is 0.507 e. The molecule has 0 bridgehead atoms. The third-order valence-electron chi connectivity index (χ3n) is 3.15. The van der Waals surface area contributed by atoms with Crippen LogP contribution >= 0.6 is 0 Å². The third kappa shape index (κ3) is 2.40. The Bertz CT molecular complexity index is 431. The topological polar surface area (TPSA) is 20.2 Å². The molecule has 94 valence electrons. The molecule has 0 heterocycles. The Labute approximate surface area is 98.3 Å². The highest BCUT2D eigenvalue weighted by atomic mass is 19.4. The zero-order valence-electron chi connectivity index (χ0n) is 9.80. The average molecular weight is 244 g/mol. The van der Waals surface area contributed by atoms with Crippen molar-refractivity contribution in [2.24, 2.45) is 0 Å². The second-order valence-electron chi connectivity index (χ2n) is 4.93. The molecule has 0 aromatic heterocycles. The number of aromatic hydroxyl groups is 1. The summed E-state index contributed by atoms with van der Waals surface area (Å²) < 4.78 is 38.4. The van der Waals surface area contributed by atoms with Gasteiger partial charge in [0.15, 0.2) is 0 Å². The van der Waals surface area contributed by atoms with Gasteiger partial charge in [-0.15, -0.1) is 0 Å². The van der Waals surface area contributed by atoms with E-state index < -0.39 is 17.5 Å². The lowest BCUT2D eigenvalue weighted by Crippen LogP contribution is -2.08. The van der Waals surface area contributed by atoms with Crippen molar-refractivity contribution >= 4 is 0 Å². The first kappa shape index (κ1) is 12.3. The SMILES string of the molecule is CC(C)c1cc(C2CC2)c(O)c(C(F)(F)F)c1. The zero-order chi connectivity index (χ0) is 12.8. The molecule has 4 heteroatoms. The number of hydrogen-bond donors (Lipinski definition) is 1. The Kier molecular flexibility index (Phi) is 2.84. The predicted octanol–water partition coefficient (Wildman–Crippen LogP) is 4.41. The van der Waals surface area contributed by atoms with Gasteiger partial charge in [-0.25, -0.2) is 0 Å². The van der Waals surface area contributed by atoms with Gasteiger partial charge in [-0.05, 0) is 41.9 Å². The summed E-state index contributed by atoms with van der Waals surface area (Å²) in [7, 11) is 0. The lowest BCUT2D eigenvalue weighted by atomic mass is 9.94. The maximum atomic E-state index is 12.8. The molecule has 17 heavy (non-hydrogen) atoms. The van der Waals surface area contributed by atoms with Crippen molar-refractivity contribution in [1.29, 1.82) is 0 Å². The summed E-state index contributed by atoms with van der Waals surface area (Å²) in [6.45, 7) is 3.70. The van der Waals surface area contributed by atoms with Crippen LogP contribution in [0.5, 0.6) is 5.75 Å². The highest BCUT2D eigenvalue weighted by Crippen LogP contribution is 2.49. The molecular formula is C13H15F3O. The number of hydrogen-bond acceptors (Lipinski definition) is 1. The summed E-state index contributed by atoms with van der Waals surface area (Å²) in [6, 6.07) is 2.78.